The van der Waals surface area contributed by atoms with E-state index >= 15 is 0 Å². The lowest BCUT2D eigenvalue weighted by atomic mass is 10.0. The van der Waals surface area contributed by atoms with Gasteiger partial charge in [0.15, 0.2) is 0 Å². The van der Waals surface area contributed by atoms with Crippen molar-refractivity contribution in [2.75, 3.05) is 13.2 Å². The van der Waals surface area contributed by atoms with Crippen molar-refractivity contribution in [3.8, 4) is 33.8 Å². The summed E-state index contributed by atoms with van der Waals surface area (Å²) >= 11 is 0. The van der Waals surface area contributed by atoms with E-state index in [4.69, 9.17) is 9.47 Å². The number of carbonyl (C=O) groups is 1. The number of hydrogen-bond donors (Lipinski definition) is 0. The fourth-order valence-electron chi connectivity index (χ4n) is 5.31. The van der Waals surface area contributed by atoms with Gasteiger partial charge in [-0.25, -0.2) is 17.6 Å². The molecule has 0 unspecified atom stereocenters. The Morgan fingerprint density at radius 2 is 0.826 bits per heavy atom. The molecule has 0 atom stereocenters. The van der Waals surface area contributed by atoms with Gasteiger partial charge >= 0.3 is 0 Å². The Balaban J connectivity index is 0.954. The monoisotopic (exact) mass is 634 g/mol. The summed E-state index contributed by atoms with van der Waals surface area (Å²) in [6.07, 6.45) is 10.8. The van der Waals surface area contributed by atoms with E-state index < -0.39 is 11.6 Å². The summed E-state index contributed by atoms with van der Waals surface area (Å²) in [7, 11) is 0. The van der Waals surface area contributed by atoms with Crippen LogP contribution in [0.25, 0.3) is 22.3 Å². The van der Waals surface area contributed by atoms with Gasteiger partial charge in [-0.05, 0) is 85.3 Å². The highest BCUT2D eigenvalue weighted by atomic mass is 19.1. The maximum Gasteiger partial charge on any atom is 0.134 e. The third-order valence-electron chi connectivity index (χ3n) is 7.93. The molecule has 0 aliphatic heterocycles. The van der Waals surface area contributed by atoms with Gasteiger partial charge in [0.25, 0.3) is 0 Å². The van der Waals surface area contributed by atoms with Crippen LogP contribution in [0, 0.1) is 23.3 Å². The molecule has 0 bridgehead atoms. The Hall–Kier alpha value is -4.13. The van der Waals surface area contributed by atoms with Crippen molar-refractivity contribution in [3.05, 3.63) is 108 Å². The molecule has 0 saturated heterocycles. The van der Waals surface area contributed by atoms with E-state index in [1.165, 1.54) is 36.4 Å². The van der Waals surface area contributed by atoms with Crippen LogP contribution in [0.15, 0.2) is 84.9 Å². The molecule has 0 saturated carbocycles. The number of ether oxygens (including phenoxy) is 2. The molecular weight excluding hydrogens is 592 g/mol. The molecule has 4 aromatic carbocycles. The lowest BCUT2D eigenvalue weighted by Gasteiger charge is -2.09. The summed E-state index contributed by atoms with van der Waals surface area (Å²) in [4.78, 5) is 12.2. The Labute approximate surface area is 269 Å². The first kappa shape index (κ1) is 34.7. The molecule has 4 rings (SSSR count). The first-order valence-electron chi connectivity index (χ1n) is 16.3. The van der Waals surface area contributed by atoms with E-state index in [0.29, 0.717) is 65.6 Å². The number of ketones is 1. The molecule has 0 aliphatic rings. The van der Waals surface area contributed by atoms with Gasteiger partial charge in [0.05, 0.1) is 13.2 Å². The van der Waals surface area contributed by atoms with Crippen molar-refractivity contribution >= 4 is 5.78 Å². The minimum absolute atomic E-state index is 0.323. The predicted octanol–water partition coefficient (Wildman–Crippen LogP) is 11.3. The van der Waals surface area contributed by atoms with Gasteiger partial charge < -0.3 is 9.47 Å². The third kappa shape index (κ3) is 11.7. The summed E-state index contributed by atoms with van der Waals surface area (Å²) in [5, 5.41) is 0. The predicted molar refractivity (Wildman–Crippen MR) is 175 cm³/mol. The zero-order valence-corrected chi connectivity index (χ0v) is 26.2. The van der Waals surface area contributed by atoms with Crippen LogP contribution >= 0.6 is 0 Å². The van der Waals surface area contributed by atoms with Crippen LogP contribution < -0.4 is 9.47 Å². The van der Waals surface area contributed by atoms with E-state index in [1.54, 1.807) is 48.5 Å². The molecule has 4 aromatic rings. The first-order valence-corrected chi connectivity index (χ1v) is 16.3. The minimum atomic E-state index is -0.401. The number of carbonyl (C=O) groups excluding carboxylic acids is 1. The number of rotatable bonds is 20. The standard InChI is InChI=1S/C39H42F4O3/c40-31-17-13-29(14-18-31)36-23-21-34(27-38(36)42)45-25-9-5-1-3-7-11-33(44)12-8-4-2-6-10-26-46-35-22-24-37(39(43)28-35)30-15-19-32(41)20-16-30/h13-24,27-28H,1-12,25-26H2. The van der Waals surface area contributed by atoms with Gasteiger partial charge in [-0.2, -0.15) is 0 Å². The Morgan fingerprint density at radius 1 is 0.457 bits per heavy atom. The van der Waals surface area contributed by atoms with Crippen LogP contribution in [0.3, 0.4) is 0 Å². The highest BCUT2D eigenvalue weighted by molar-refractivity contribution is 5.78. The van der Waals surface area contributed by atoms with Crippen LogP contribution in [0.1, 0.15) is 77.0 Å². The highest BCUT2D eigenvalue weighted by Gasteiger charge is 2.09. The van der Waals surface area contributed by atoms with Crippen molar-refractivity contribution in [2.45, 2.75) is 77.0 Å². The number of halogens is 4. The molecule has 244 valence electrons. The normalized spacial score (nSPS) is 11.0. The average molecular weight is 635 g/mol. The second kappa shape index (κ2) is 18.7. The summed E-state index contributed by atoms with van der Waals surface area (Å²) in [6.45, 7) is 1.01. The molecule has 0 amide bonds. The summed E-state index contributed by atoms with van der Waals surface area (Å²) in [5.74, 6) is -0.240. The fraction of sp³-hybridized carbons (Fsp3) is 0.359. The van der Waals surface area contributed by atoms with Crippen LogP contribution in [0.2, 0.25) is 0 Å². The van der Waals surface area contributed by atoms with Crippen LogP contribution in [-0.4, -0.2) is 19.0 Å². The van der Waals surface area contributed by atoms with Gasteiger partial charge in [-0.1, -0.05) is 62.8 Å². The number of benzene rings is 4. The smallest absolute Gasteiger partial charge is 0.134 e. The molecule has 0 heterocycles. The summed E-state index contributed by atoms with van der Waals surface area (Å²) in [6, 6.07) is 20.9. The van der Waals surface area contributed by atoms with E-state index in [0.717, 1.165) is 64.2 Å². The van der Waals surface area contributed by atoms with Gasteiger partial charge in [-0.15, -0.1) is 0 Å². The topological polar surface area (TPSA) is 35.5 Å². The van der Waals surface area contributed by atoms with Crippen LogP contribution in [0.4, 0.5) is 17.6 Å². The zero-order chi connectivity index (χ0) is 32.6. The number of hydrogen-bond acceptors (Lipinski definition) is 3. The lowest BCUT2D eigenvalue weighted by molar-refractivity contribution is -0.119. The van der Waals surface area contributed by atoms with Crippen molar-refractivity contribution < 1.29 is 31.8 Å². The molecule has 0 N–H and O–H groups in total. The molecule has 7 heteroatoms. The molecule has 0 spiro atoms. The number of unbranched alkanes of at least 4 members (excludes halogenated alkanes) is 8. The Bertz CT molecular complexity index is 1390. The van der Waals surface area contributed by atoms with Crippen molar-refractivity contribution in [1.29, 1.82) is 0 Å². The Kier molecular flexibility index (Phi) is 14.2. The van der Waals surface area contributed by atoms with Crippen LogP contribution in [-0.2, 0) is 4.79 Å². The first-order chi connectivity index (χ1) is 22.4. The lowest BCUT2D eigenvalue weighted by Crippen LogP contribution is -2.00. The SMILES string of the molecule is O=C(CCCCCCCOc1ccc(-c2ccc(F)cc2)c(F)c1)CCCCCCCOc1ccc(-c2ccc(F)cc2)c(F)c1. The fourth-order valence-corrected chi connectivity index (χ4v) is 5.31. The molecule has 3 nitrogen and oxygen atoms in total. The van der Waals surface area contributed by atoms with E-state index in [9.17, 15) is 22.4 Å². The van der Waals surface area contributed by atoms with Crippen LogP contribution in [0.5, 0.6) is 11.5 Å². The van der Waals surface area contributed by atoms with E-state index in [2.05, 4.69) is 0 Å². The van der Waals surface area contributed by atoms with Gasteiger partial charge in [0.1, 0.15) is 40.6 Å². The third-order valence-corrected chi connectivity index (χ3v) is 7.93. The van der Waals surface area contributed by atoms with Gasteiger partial charge in [0.2, 0.25) is 0 Å². The molecular formula is C39H42F4O3. The van der Waals surface area contributed by atoms with E-state index in [1.807, 2.05) is 0 Å². The molecule has 0 fully saturated rings. The molecule has 0 aromatic heterocycles. The maximum atomic E-state index is 14.5. The number of Topliss-reactive ketones (excluding diaryl/α,β-unsaturated/α-hetero) is 1. The maximum absolute atomic E-state index is 14.5. The highest BCUT2D eigenvalue weighted by Crippen LogP contribution is 2.28. The minimum Gasteiger partial charge on any atom is -0.493 e. The summed E-state index contributed by atoms with van der Waals surface area (Å²) in [5.41, 5.74) is 2.05. The Morgan fingerprint density at radius 3 is 1.22 bits per heavy atom. The second-order valence-corrected chi connectivity index (χ2v) is 11.6. The van der Waals surface area contributed by atoms with Gasteiger partial charge in [-0.3, -0.25) is 4.79 Å². The molecule has 46 heavy (non-hydrogen) atoms. The van der Waals surface area contributed by atoms with Crippen molar-refractivity contribution in [1.82, 2.24) is 0 Å². The molecule has 0 aliphatic carbocycles. The second-order valence-electron chi connectivity index (χ2n) is 11.6. The zero-order valence-electron chi connectivity index (χ0n) is 26.2. The average Bonchev–Trinajstić information content (AvgIpc) is 3.05. The van der Waals surface area contributed by atoms with Crippen molar-refractivity contribution in [3.63, 3.8) is 0 Å². The van der Waals surface area contributed by atoms with E-state index in [-0.39, 0.29) is 11.6 Å². The molecule has 0 radical (unpaired) electrons. The quantitative estimate of drug-likeness (QED) is 0.0717. The largest absolute Gasteiger partial charge is 0.493 e. The van der Waals surface area contributed by atoms with Crippen molar-refractivity contribution in [2.24, 2.45) is 0 Å². The van der Waals surface area contributed by atoms with Gasteiger partial charge in [0, 0.05) is 36.1 Å². The summed E-state index contributed by atoms with van der Waals surface area (Å²) < 4.78 is 66.6.